The molecule has 6 rings (SSSR count). The normalized spacial score (nSPS) is 19.7. The van der Waals surface area contributed by atoms with Crippen LogP contribution in [0.1, 0.15) is 49.9 Å². The predicted molar refractivity (Wildman–Crippen MR) is 161 cm³/mol. The van der Waals surface area contributed by atoms with Crippen LogP contribution in [0.3, 0.4) is 0 Å². The summed E-state index contributed by atoms with van der Waals surface area (Å²) in [5.41, 5.74) is 2.68. The first-order valence-corrected chi connectivity index (χ1v) is 14.8. The van der Waals surface area contributed by atoms with Crippen molar-refractivity contribution in [2.24, 2.45) is 5.92 Å². The first-order chi connectivity index (χ1) is 19.7. The van der Waals surface area contributed by atoms with Crippen molar-refractivity contribution in [2.75, 3.05) is 11.5 Å². The van der Waals surface area contributed by atoms with Crippen molar-refractivity contribution >= 4 is 55.7 Å². The molecule has 1 amide bonds. The number of thiazole rings is 1. The Morgan fingerprint density at radius 2 is 2.00 bits per heavy atom. The first-order valence-electron chi connectivity index (χ1n) is 13.6. The van der Waals surface area contributed by atoms with Gasteiger partial charge in [-0.3, -0.25) is 14.5 Å². The number of Topliss-reactive ketones (excluding diaryl/α,β-unsaturated/α-hetero) is 1. The van der Waals surface area contributed by atoms with Gasteiger partial charge < -0.3 is 14.6 Å². The Morgan fingerprint density at radius 3 is 2.80 bits per heavy atom. The third-order valence-electron chi connectivity index (χ3n) is 7.30. The highest BCUT2D eigenvalue weighted by molar-refractivity contribution is 7.22. The number of hydrogen-bond donors (Lipinski definition) is 1. The number of hydrogen-bond acceptors (Lipinski definition) is 7. The van der Waals surface area contributed by atoms with Crippen LogP contribution in [0.2, 0.25) is 5.02 Å². The lowest BCUT2D eigenvalue weighted by atomic mass is 9.94. The molecule has 0 aliphatic carbocycles. The van der Waals surface area contributed by atoms with E-state index in [0.29, 0.717) is 51.5 Å². The summed E-state index contributed by atoms with van der Waals surface area (Å²) >= 11 is 7.47. The average Bonchev–Trinajstić information content (AvgIpc) is 3.60. The van der Waals surface area contributed by atoms with E-state index in [1.165, 1.54) is 16.2 Å². The minimum Gasteiger partial charge on any atom is -0.507 e. The third-order valence-corrected chi connectivity index (χ3v) is 8.55. The molecule has 210 valence electrons. The SMILES string of the molecule is CC(C)CCOc1cccc([C@@H]2/C(=C(\O)c3ccc4c(c3)C[C@H](C)O4)C(=O)C(=O)N2c2nc3ccc(Cl)cc3s2)c1. The minimum absolute atomic E-state index is 0.00136. The van der Waals surface area contributed by atoms with Crippen LogP contribution in [0.25, 0.3) is 16.0 Å². The van der Waals surface area contributed by atoms with Crippen molar-refractivity contribution in [3.05, 3.63) is 87.9 Å². The van der Waals surface area contributed by atoms with Crippen LogP contribution in [0.5, 0.6) is 11.5 Å². The Balaban J connectivity index is 1.48. The zero-order valence-electron chi connectivity index (χ0n) is 22.9. The molecule has 0 unspecified atom stereocenters. The lowest BCUT2D eigenvalue weighted by Gasteiger charge is -2.23. The summed E-state index contributed by atoms with van der Waals surface area (Å²) in [6, 6.07) is 17.0. The van der Waals surface area contributed by atoms with Crippen molar-refractivity contribution in [3.8, 4) is 11.5 Å². The average molecular weight is 589 g/mol. The maximum atomic E-state index is 13.7. The minimum atomic E-state index is -0.914. The van der Waals surface area contributed by atoms with E-state index in [0.717, 1.165) is 22.4 Å². The van der Waals surface area contributed by atoms with Crippen molar-refractivity contribution in [3.63, 3.8) is 0 Å². The number of amides is 1. The number of ketones is 1. The molecule has 2 atom stereocenters. The fraction of sp³-hybridized carbons (Fsp3) is 0.281. The first kappa shape index (κ1) is 27.3. The van der Waals surface area contributed by atoms with E-state index in [2.05, 4.69) is 18.8 Å². The van der Waals surface area contributed by atoms with Gasteiger partial charge in [-0.25, -0.2) is 4.98 Å². The topological polar surface area (TPSA) is 89.0 Å². The van der Waals surface area contributed by atoms with E-state index in [1.54, 1.807) is 30.3 Å². The molecule has 3 aromatic carbocycles. The van der Waals surface area contributed by atoms with E-state index >= 15 is 0 Å². The van der Waals surface area contributed by atoms with Gasteiger partial charge in [-0.15, -0.1) is 0 Å². The summed E-state index contributed by atoms with van der Waals surface area (Å²) in [7, 11) is 0. The van der Waals surface area contributed by atoms with Crippen LogP contribution in [-0.2, 0) is 16.0 Å². The number of carbonyl (C=O) groups excluding carboxylic acids is 2. The fourth-order valence-corrected chi connectivity index (χ4v) is 6.51. The lowest BCUT2D eigenvalue weighted by Crippen LogP contribution is -2.29. The third kappa shape index (κ3) is 5.18. The van der Waals surface area contributed by atoms with Crippen molar-refractivity contribution in [1.82, 2.24) is 4.98 Å². The molecule has 9 heteroatoms. The molecule has 1 aromatic heterocycles. The highest BCUT2D eigenvalue weighted by atomic mass is 35.5. The molecular weight excluding hydrogens is 560 g/mol. The van der Waals surface area contributed by atoms with Gasteiger partial charge in [0.2, 0.25) is 0 Å². The highest BCUT2D eigenvalue weighted by Gasteiger charge is 2.48. The second kappa shape index (κ2) is 10.8. The molecule has 0 bridgehead atoms. The van der Waals surface area contributed by atoms with Crippen molar-refractivity contribution < 1.29 is 24.2 Å². The van der Waals surface area contributed by atoms with Gasteiger partial charge in [-0.2, -0.15) is 0 Å². The summed E-state index contributed by atoms with van der Waals surface area (Å²) in [6.45, 7) is 6.77. The number of halogens is 1. The molecule has 0 saturated carbocycles. The van der Waals surface area contributed by atoms with Gasteiger partial charge in [0.05, 0.1) is 28.4 Å². The van der Waals surface area contributed by atoms with Gasteiger partial charge >= 0.3 is 5.91 Å². The zero-order chi connectivity index (χ0) is 28.8. The predicted octanol–water partition coefficient (Wildman–Crippen LogP) is 7.32. The molecule has 41 heavy (non-hydrogen) atoms. The summed E-state index contributed by atoms with van der Waals surface area (Å²) < 4.78 is 12.6. The molecule has 7 nitrogen and oxygen atoms in total. The van der Waals surface area contributed by atoms with E-state index in [-0.39, 0.29) is 17.4 Å². The highest BCUT2D eigenvalue weighted by Crippen LogP contribution is 2.45. The number of rotatable bonds is 7. The number of aliphatic hydroxyl groups excluding tert-OH is 1. The van der Waals surface area contributed by atoms with Crippen molar-refractivity contribution in [1.29, 1.82) is 0 Å². The summed E-state index contributed by atoms with van der Waals surface area (Å²) in [4.78, 5) is 33.4. The number of benzene rings is 3. The maximum absolute atomic E-state index is 13.7. The van der Waals surface area contributed by atoms with Crippen LogP contribution in [0, 0.1) is 5.92 Å². The Kier molecular flexibility index (Phi) is 7.21. The monoisotopic (exact) mass is 588 g/mol. The summed E-state index contributed by atoms with van der Waals surface area (Å²) in [6.07, 6.45) is 1.61. The van der Waals surface area contributed by atoms with Crippen LogP contribution >= 0.6 is 22.9 Å². The van der Waals surface area contributed by atoms with Gasteiger partial charge in [0, 0.05) is 17.0 Å². The van der Waals surface area contributed by atoms with Gasteiger partial charge in [0.1, 0.15) is 23.4 Å². The number of aromatic nitrogens is 1. The standard InChI is InChI=1S/C32H29ClN2O5S/c1-17(2)11-12-39-23-6-4-5-19(15-23)28-27(29(36)20-7-10-25-21(14-20)13-18(3)40-25)30(37)31(38)35(28)32-34-24-9-8-22(33)16-26(24)41-32/h4-10,14-18,28,36H,11-13H2,1-3H3/b29-27+/t18-,28+/m0/s1. The molecule has 1 saturated heterocycles. The molecule has 0 radical (unpaired) electrons. The molecule has 2 aliphatic heterocycles. The Labute approximate surface area is 247 Å². The lowest BCUT2D eigenvalue weighted by molar-refractivity contribution is -0.132. The van der Waals surface area contributed by atoms with Gasteiger partial charge in [-0.1, -0.05) is 48.9 Å². The Hall–Kier alpha value is -3.88. The van der Waals surface area contributed by atoms with E-state index in [4.69, 9.17) is 21.1 Å². The largest absolute Gasteiger partial charge is 0.507 e. The summed E-state index contributed by atoms with van der Waals surface area (Å²) in [5, 5.41) is 12.5. The smallest absolute Gasteiger partial charge is 0.301 e. The van der Waals surface area contributed by atoms with Crippen LogP contribution in [-0.4, -0.2) is 34.5 Å². The molecule has 4 aromatic rings. The quantitative estimate of drug-likeness (QED) is 0.138. The van der Waals surface area contributed by atoms with E-state index in [1.807, 2.05) is 37.3 Å². The van der Waals surface area contributed by atoms with Gasteiger partial charge in [0.25, 0.3) is 5.78 Å². The number of fused-ring (bicyclic) bond motifs is 2. The van der Waals surface area contributed by atoms with Crippen LogP contribution < -0.4 is 14.4 Å². The number of ether oxygens (including phenoxy) is 2. The maximum Gasteiger partial charge on any atom is 0.301 e. The van der Waals surface area contributed by atoms with Gasteiger partial charge in [-0.05, 0) is 78.9 Å². The fourth-order valence-electron chi connectivity index (χ4n) is 5.25. The Morgan fingerprint density at radius 1 is 1.17 bits per heavy atom. The van der Waals surface area contributed by atoms with Crippen molar-refractivity contribution in [2.45, 2.75) is 45.8 Å². The number of aliphatic hydroxyl groups is 1. The molecular formula is C32H29ClN2O5S. The number of carbonyl (C=O) groups is 2. The molecule has 2 aliphatic rings. The molecule has 1 N–H and O–H groups in total. The molecule has 1 fully saturated rings. The second-order valence-electron chi connectivity index (χ2n) is 10.8. The second-order valence-corrected chi connectivity index (χ2v) is 12.3. The summed E-state index contributed by atoms with van der Waals surface area (Å²) in [5.74, 6) is 0.0814. The zero-order valence-corrected chi connectivity index (χ0v) is 24.5. The Bertz CT molecular complexity index is 1710. The van der Waals surface area contributed by atoms with Crippen LogP contribution in [0.4, 0.5) is 5.13 Å². The van der Waals surface area contributed by atoms with Gasteiger partial charge in [0.15, 0.2) is 5.13 Å². The number of nitrogens with zero attached hydrogens (tertiary/aromatic N) is 2. The molecule has 0 spiro atoms. The van der Waals surface area contributed by atoms with E-state index < -0.39 is 17.7 Å². The van der Waals surface area contributed by atoms with E-state index in [9.17, 15) is 14.7 Å². The number of anilines is 1. The molecule has 3 heterocycles. The van der Waals surface area contributed by atoms with Crippen LogP contribution in [0.15, 0.2) is 66.2 Å².